The van der Waals surface area contributed by atoms with Gasteiger partial charge in [0.15, 0.2) is 0 Å². The zero-order chi connectivity index (χ0) is 24.2. The van der Waals surface area contributed by atoms with Crippen molar-refractivity contribution < 1.29 is 9.53 Å². The van der Waals surface area contributed by atoms with Gasteiger partial charge in [0, 0.05) is 38.4 Å². The molecule has 178 valence electrons. The first kappa shape index (κ1) is 22.6. The lowest BCUT2D eigenvalue weighted by atomic mass is 10.0. The topological polar surface area (TPSA) is 83.5 Å². The molecule has 1 amide bonds. The molecule has 1 aliphatic heterocycles. The lowest BCUT2D eigenvalue weighted by Crippen LogP contribution is -2.49. The summed E-state index contributed by atoms with van der Waals surface area (Å²) < 4.78 is 5.84. The van der Waals surface area contributed by atoms with Crippen LogP contribution in [0.2, 0.25) is 0 Å². The summed E-state index contributed by atoms with van der Waals surface area (Å²) in [6.07, 6.45) is 1.74. The lowest BCUT2D eigenvalue weighted by molar-refractivity contribution is 0.0744. The van der Waals surface area contributed by atoms with Crippen LogP contribution < -0.4 is 15.0 Å². The van der Waals surface area contributed by atoms with Crippen LogP contribution in [0.25, 0.3) is 10.8 Å². The number of carbonyl (C=O) groups excluding carboxylic acids is 1. The number of rotatable bonds is 6. The van der Waals surface area contributed by atoms with Crippen LogP contribution in [0.15, 0.2) is 66.9 Å². The van der Waals surface area contributed by atoms with Crippen LogP contribution in [0.1, 0.15) is 23.1 Å². The fourth-order valence-corrected chi connectivity index (χ4v) is 4.39. The van der Waals surface area contributed by atoms with Gasteiger partial charge in [0.25, 0.3) is 5.91 Å². The van der Waals surface area contributed by atoms with Crippen LogP contribution >= 0.6 is 0 Å². The number of nitrogens with one attached hydrogen (secondary N) is 1. The van der Waals surface area contributed by atoms with E-state index in [0.717, 1.165) is 22.4 Å². The molecule has 0 unspecified atom stereocenters. The van der Waals surface area contributed by atoms with E-state index in [-0.39, 0.29) is 5.91 Å². The number of hydrogen-bond acceptors (Lipinski definition) is 7. The van der Waals surface area contributed by atoms with Crippen molar-refractivity contribution >= 4 is 34.1 Å². The van der Waals surface area contributed by atoms with Crippen molar-refractivity contribution in [2.75, 3.05) is 43.0 Å². The summed E-state index contributed by atoms with van der Waals surface area (Å²) in [6.45, 7) is 6.87. The van der Waals surface area contributed by atoms with Crippen LogP contribution in [0.4, 0.5) is 17.5 Å². The summed E-state index contributed by atoms with van der Waals surface area (Å²) in [6, 6.07) is 19.5. The molecule has 1 aliphatic rings. The predicted octanol–water partition coefficient (Wildman–Crippen LogP) is 4.44. The predicted molar refractivity (Wildman–Crippen MR) is 138 cm³/mol. The van der Waals surface area contributed by atoms with Gasteiger partial charge in [0.1, 0.15) is 29.0 Å². The normalized spacial score (nSPS) is 13.7. The average Bonchev–Trinajstić information content (AvgIpc) is 2.89. The van der Waals surface area contributed by atoms with E-state index < -0.39 is 0 Å². The van der Waals surface area contributed by atoms with Gasteiger partial charge in [-0.2, -0.15) is 0 Å². The summed E-state index contributed by atoms with van der Waals surface area (Å²) >= 11 is 0. The maximum Gasteiger partial charge on any atom is 0.258 e. The number of aromatic nitrogens is 3. The Morgan fingerprint density at radius 2 is 1.77 bits per heavy atom. The Kier molecular flexibility index (Phi) is 6.43. The minimum absolute atomic E-state index is 0.00118. The van der Waals surface area contributed by atoms with E-state index in [1.807, 2.05) is 79.4 Å². The summed E-state index contributed by atoms with van der Waals surface area (Å²) in [5, 5.41) is 5.19. The molecule has 4 aromatic rings. The molecule has 5 rings (SSSR count). The van der Waals surface area contributed by atoms with Gasteiger partial charge in [0.05, 0.1) is 12.2 Å². The molecule has 1 fully saturated rings. The molecule has 0 bridgehead atoms. The fraction of sp³-hybridized carbons (Fsp3) is 0.259. The van der Waals surface area contributed by atoms with Crippen molar-refractivity contribution in [3.05, 3.63) is 78.2 Å². The number of anilines is 3. The number of amides is 1. The summed E-state index contributed by atoms with van der Waals surface area (Å²) in [5.41, 5.74) is 0.637. The van der Waals surface area contributed by atoms with E-state index in [4.69, 9.17) is 4.74 Å². The second kappa shape index (κ2) is 9.97. The van der Waals surface area contributed by atoms with Gasteiger partial charge in [0.2, 0.25) is 0 Å². The number of fused-ring (bicyclic) bond motifs is 1. The largest absolute Gasteiger partial charge is 0.493 e. The molecular formula is C27H28N6O2. The Hall–Kier alpha value is -4.20. The van der Waals surface area contributed by atoms with E-state index in [2.05, 4.69) is 25.2 Å². The van der Waals surface area contributed by atoms with Crippen molar-refractivity contribution in [2.45, 2.75) is 13.8 Å². The Bertz CT molecular complexity index is 1340. The third-order valence-electron chi connectivity index (χ3n) is 6.04. The molecule has 0 aliphatic carbocycles. The molecule has 2 aromatic heterocycles. The summed E-state index contributed by atoms with van der Waals surface area (Å²) in [4.78, 5) is 31.2. The molecule has 2 aromatic carbocycles. The highest BCUT2D eigenvalue weighted by molar-refractivity contribution is 6.09. The Balaban J connectivity index is 1.33. The number of piperazine rings is 1. The Labute approximate surface area is 204 Å². The number of pyridine rings is 1. The third kappa shape index (κ3) is 4.87. The molecule has 8 heteroatoms. The summed E-state index contributed by atoms with van der Waals surface area (Å²) in [7, 11) is 0. The van der Waals surface area contributed by atoms with E-state index in [1.54, 1.807) is 6.20 Å². The number of benzene rings is 2. The Morgan fingerprint density at radius 3 is 2.54 bits per heavy atom. The highest BCUT2D eigenvalue weighted by atomic mass is 16.5. The zero-order valence-electron chi connectivity index (χ0n) is 19.9. The first-order chi connectivity index (χ1) is 17.1. The van der Waals surface area contributed by atoms with Gasteiger partial charge in [-0.3, -0.25) is 4.79 Å². The SMILES string of the molecule is CCOc1ccc2ccccc2c1C(=O)N1CCN(c2cc(Nc3ccccn3)nc(C)n2)CC1. The second-order valence-electron chi connectivity index (χ2n) is 8.37. The van der Waals surface area contributed by atoms with Crippen molar-refractivity contribution in [1.82, 2.24) is 19.9 Å². The van der Waals surface area contributed by atoms with E-state index >= 15 is 0 Å². The number of nitrogens with zero attached hydrogens (tertiary/aromatic N) is 5. The van der Waals surface area contributed by atoms with Gasteiger partial charge in [-0.15, -0.1) is 0 Å². The second-order valence-corrected chi connectivity index (χ2v) is 8.37. The summed E-state index contributed by atoms with van der Waals surface area (Å²) in [5.74, 6) is 3.57. The quantitative estimate of drug-likeness (QED) is 0.448. The number of ether oxygens (including phenoxy) is 1. The number of carbonyl (C=O) groups is 1. The van der Waals surface area contributed by atoms with E-state index in [1.165, 1.54) is 0 Å². The third-order valence-corrected chi connectivity index (χ3v) is 6.04. The smallest absolute Gasteiger partial charge is 0.258 e. The van der Waals surface area contributed by atoms with Crippen molar-refractivity contribution in [3.63, 3.8) is 0 Å². The van der Waals surface area contributed by atoms with Crippen LogP contribution in [0.5, 0.6) is 5.75 Å². The number of aryl methyl sites for hydroxylation is 1. The molecule has 3 heterocycles. The van der Waals surface area contributed by atoms with Gasteiger partial charge < -0.3 is 19.9 Å². The standard InChI is InChI=1S/C27H28N6O2/c1-3-35-22-12-11-20-8-4-5-9-21(20)26(22)27(34)33-16-14-32(15-17-33)25-18-24(29-19(2)30-25)31-23-10-6-7-13-28-23/h4-13,18H,3,14-17H2,1-2H3,(H,28,29,30,31). The average molecular weight is 469 g/mol. The van der Waals surface area contributed by atoms with Gasteiger partial charge in [-0.25, -0.2) is 15.0 Å². The fourth-order valence-electron chi connectivity index (χ4n) is 4.39. The van der Waals surface area contributed by atoms with Crippen LogP contribution in [-0.2, 0) is 0 Å². The molecule has 35 heavy (non-hydrogen) atoms. The molecule has 0 atom stereocenters. The van der Waals surface area contributed by atoms with Gasteiger partial charge in [-0.05, 0) is 42.8 Å². The molecule has 1 N–H and O–H groups in total. The van der Waals surface area contributed by atoms with Crippen molar-refractivity contribution in [3.8, 4) is 5.75 Å². The highest BCUT2D eigenvalue weighted by Gasteiger charge is 2.27. The number of hydrogen-bond donors (Lipinski definition) is 1. The first-order valence-corrected chi connectivity index (χ1v) is 11.8. The monoisotopic (exact) mass is 468 g/mol. The van der Waals surface area contributed by atoms with Gasteiger partial charge >= 0.3 is 0 Å². The molecule has 0 saturated carbocycles. The van der Waals surface area contributed by atoms with E-state index in [9.17, 15) is 4.79 Å². The molecule has 0 radical (unpaired) electrons. The van der Waals surface area contributed by atoms with E-state index in [0.29, 0.717) is 55.7 Å². The minimum Gasteiger partial charge on any atom is -0.493 e. The minimum atomic E-state index is 0.00118. The lowest BCUT2D eigenvalue weighted by Gasteiger charge is -2.36. The van der Waals surface area contributed by atoms with Gasteiger partial charge in [-0.1, -0.05) is 36.4 Å². The molecule has 0 spiro atoms. The van der Waals surface area contributed by atoms with Crippen molar-refractivity contribution in [1.29, 1.82) is 0 Å². The van der Waals surface area contributed by atoms with Crippen LogP contribution in [0.3, 0.4) is 0 Å². The van der Waals surface area contributed by atoms with Crippen LogP contribution in [-0.4, -0.2) is 58.5 Å². The van der Waals surface area contributed by atoms with Crippen molar-refractivity contribution in [2.24, 2.45) is 0 Å². The maximum atomic E-state index is 13.6. The molecule has 8 nitrogen and oxygen atoms in total. The Morgan fingerprint density at radius 1 is 0.971 bits per heavy atom. The van der Waals surface area contributed by atoms with Crippen LogP contribution in [0, 0.1) is 6.92 Å². The highest BCUT2D eigenvalue weighted by Crippen LogP contribution is 2.30. The first-order valence-electron chi connectivity index (χ1n) is 11.8. The zero-order valence-corrected chi connectivity index (χ0v) is 19.9. The maximum absolute atomic E-state index is 13.6. The molecule has 1 saturated heterocycles. The molecular weight excluding hydrogens is 440 g/mol.